The third-order valence-electron chi connectivity index (χ3n) is 2.09. The van der Waals surface area contributed by atoms with Crippen LogP contribution in [0.5, 0.6) is 0 Å². The summed E-state index contributed by atoms with van der Waals surface area (Å²) in [5, 5.41) is 9.52. The molecule has 1 aromatic rings. The minimum atomic E-state index is -0.358. The summed E-state index contributed by atoms with van der Waals surface area (Å²) in [6, 6.07) is 5.60. The third-order valence-corrected chi connectivity index (χ3v) is 2.09. The zero-order valence-corrected chi connectivity index (χ0v) is 7.77. The molecule has 0 saturated heterocycles. The Morgan fingerprint density at radius 2 is 2.36 bits per heavy atom. The number of nitrogens with two attached hydrogens (primary N) is 1. The lowest BCUT2D eigenvalue weighted by Crippen LogP contribution is -2.14. The molecule has 1 heterocycles. The molecule has 1 aromatic carbocycles. The Kier molecular flexibility index (Phi) is 2.01. The summed E-state index contributed by atoms with van der Waals surface area (Å²) in [7, 11) is 1.81. The second-order valence-corrected chi connectivity index (χ2v) is 3.14. The first-order chi connectivity index (χ1) is 6.68. The Morgan fingerprint density at radius 3 is 3.07 bits per heavy atom. The molecule has 5 heteroatoms. The Morgan fingerprint density at radius 1 is 1.57 bits per heavy atom. The van der Waals surface area contributed by atoms with Gasteiger partial charge in [-0.2, -0.15) is 0 Å². The minimum Gasteiger partial charge on any atom is -0.369 e. The van der Waals surface area contributed by atoms with Crippen molar-refractivity contribution in [2.75, 3.05) is 7.05 Å². The van der Waals surface area contributed by atoms with Crippen molar-refractivity contribution in [3.05, 3.63) is 23.8 Å². The van der Waals surface area contributed by atoms with E-state index < -0.39 is 0 Å². The number of hydrogen-bond acceptors (Lipinski definition) is 4. The van der Waals surface area contributed by atoms with E-state index in [0.717, 1.165) is 16.9 Å². The largest absolute Gasteiger partial charge is 0.369 e. The highest BCUT2D eigenvalue weighted by Crippen LogP contribution is 2.36. The molecule has 0 saturated carbocycles. The van der Waals surface area contributed by atoms with Gasteiger partial charge in [0, 0.05) is 11.1 Å². The van der Waals surface area contributed by atoms with Crippen LogP contribution >= 0.6 is 0 Å². The topological polar surface area (TPSA) is 73.7 Å². The number of carbonyl (C=O) groups is 1. The standard InChI is InChI=1S/C9H10N4O/c1-13-7-4-2-3-6(5-8(10)14)9(7)11-12-13/h2-4H,5H2,1H3,(H2,10,14)/q+1. The molecule has 0 bridgehead atoms. The number of rotatable bonds is 2. The van der Waals surface area contributed by atoms with Crippen LogP contribution in [-0.4, -0.2) is 13.0 Å². The molecule has 0 fully saturated rings. The number of nitrogens with zero attached hydrogens (tertiary/aromatic N) is 3. The SMILES string of the molecule is C[N+]1N=Nc2c(CC(N)=O)cccc21. The maximum Gasteiger partial charge on any atom is 0.241 e. The highest BCUT2D eigenvalue weighted by Gasteiger charge is 2.27. The van der Waals surface area contributed by atoms with Gasteiger partial charge in [0.05, 0.1) is 11.6 Å². The molecule has 0 unspecified atom stereocenters. The molecule has 1 aliphatic heterocycles. The number of hydrogen-bond donors (Lipinski definition) is 1. The van der Waals surface area contributed by atoms with Gasteiger partial charge in [-0.1, -0.05) is 17.2 Å². The van der Waals surface area contributed by atoms with Crippen molar-refractivity contribution in [1.29, 1.82) is 0 Å². The lowest BCUT2D eigenvalue weighted by atomic mass is 10.1. The number of anilines is 1. The molecular weight excluding hydrogens is 180 g/mol. The van der Waals surface area contributed by atoms with Gasteiger partial charge < -0.3 is 5.73 Å². The van der Waals surface area contributed by atoms with E-state index in [2.05, 4.69) is 10.3 Å². The predicted octanol–water partition coefficient (Wildman–Crippen LogP) is 1.13. The van der Waals surface area contributed by atoms with E-state index in [4.69, 9.17) is 5.73 Å². The first-order valence-electron chi connectivity index (χ1n) is 4.24. The van der Waals surface area contributed by atoms with E-state index in [1.165, 1.54) is 0 Å². The van der Waals surface area contributed by atoms with Crippen molar-refractivity contribution >= 4 is 17.3 Å². The average molecular weight is 190 g/mol. The van der Waals surface area contributed by atoms with Crippen molar-refractivity contribution in [2.24, 2.45) is 16.1 Å². The number of fused-ring (bicyclic) bond motifs is 1. The van der Waals surface area contributed by atoms with Gasteiger partial charge in [0.15, 0.2) is 12.7 Å². The van der Waals surface area contributed by atoms with Crippen LogP contribution in [0.3, 0.4) is 0 Å². The second-order valence-electron chi connectivity index (χ2n) is 3.14. The average Bonchev–Trinajstić information content (AvgIpc) is 2.49. The maximum atomic E-state index is 10.8. The fourth-order valence-electron chi connectivity index (χ4n) is 1.44. The molecule has 14 heavy (non-hydrogen) atoms. The zero-order valence-electron chi connectivity index (χ0n) is 7.77. The molecule has 1 radical (unpaired) electrons. The van der Waals surface area contributed by atoms with Crippen molar-refractivity contribution in [3.63, 3.8) is 0 Å². The van der Waals surface area contributed by atoms with E-state index in [-0.39, 0.29) is 12.3 Å². The van der Waals surface area contributed by atoms with Crippen molar-refractivity contribution < 1.29 is 4.79 Å². The van der Waals surface area contributed by atoms with Crippen molar-refractivity contribution in [2.45, 2.75) is 6.42 Å². The third kappa shape index (κ3) is 1.38. The molecule has 0 aromatic heterocycles. The monoisotopic (exact) mass is 190 g/mol. The normalized spacial score (nSPS) is 14.4. The van der Waals surface area contributed by atoms with E-state index in [1.54, 1.807) is 5.01 Å². The van der Waals surface area contributed by atoms with E-state index in [1.807, 2.05) is 25.2 Å². The van der Waals surface area contributed by atoms with E-state index >= 15 is 0 Å². The van der Waals surface area contributed by atoms with Crippen LogP contribution < -0.4 is 10.7 Å². The summed E-state index contributed by atoms with van der Waals surface area (Å²) in [5.74, 6) is -0.358. The first-order valence-corrected chi connectivity index (χ1v) is 4.24. The van der Waals surface area contributed by atoms with Crippen molar-refractivity contribution in [1.82, 2.24) is 5.01 Å². The predicted molar refractivity (Wildman–Crippen MR) is 51.6 cm³/mol. The van der Waals surface area contributed by atoms with Crippen LogP contribution in [0.25, 0.3) is 0 Å². The molecule has 0 spiro atoms. The molecule has 0 aliphatic carbocycles. The molecular formula is C9H10N4O+. The zero-order chi connectivity index (χ0) is 10.1. The maximum absolute atomic E-state index is 10.8. The Balaban J connectivity index is 2.43. The highest BCUT2D eigenvalue weighted by atomic mass is 16.1. The molecule has 1 aliphatic rings. The molecule has 71 valence electrons. The lowest BCUT2D eigenvalue weighted by molar-refractivity contribution is -0.117. The minimum absolute atomic E-state index is 0.204. The van der Waals surface area contributed by atoms with Crippen molar-refractivity contribution in [3.8, 4) is 0 Å². The summed E-state index contributed by atoms with van der Waals surface area (Å²) < 4.78 is 0. The highest BCUT2D eigenvalue weighted by molar-refractivity contribution is 5.80. The van der Waals surface area contributed by atoms with E-state index in [9.17, 15) is 4.79 Å². The lowest BCUT2D eigenvalue weighted by Gasteiger charge is -1.99. The fourth-order valence-corrected chi connectivity index (χ4v) is 1.44. The van der Waals surface area contributed by atoms with Crippen LogP contribution in [0.15, 0.2) is 28.5 Å². The van der Waals surface area contributed by atoms with Crippen LogP contribution in [-0.2, 0) is 11.2 Å². The summed E-state index contributed by atoms with van der Waals surface area (Å²) in [5.41, 5.74) is 7.60. The van der Waals surface area contributed by atoms with Gasteiger partial charge in [-0.15, -0.1) is 0 Å². The quantitative estimate of drug-likeness (QED) is 0.697. The van der Waals surface area contributed by atoms with Crippen LogP contribution in [0.1, 0.15) is 5.56 Å². The van der Waals surface area contributed by atoms with E-state index in [0.29, 0.717) is 0 Å². The molecule has 5 nitrogen and oxygen atoms in total. The summed E-state index contributed by atoms with van der Waals surface area (Å²) in [6.45, 7) is 0. The summed E-state index contributed by atoms with van der Waals surface area (Å²) in [4.78, 5) is 10.8. The van der Waals surface area contributed by atoms with Gasteiger partial charge in [-0.25, -0.2) is 0 Å². The molecule has 0 atom stereocenters. The smallest absolute Gasteiger partial charge is 0.241 e. The van der Waals surface area contributed by atoms with Gasteiger partial charge >= 0.3 is 0 Å². The Hall–Kier alpha value is -1.75. The van der Waals surface area contributed by atoms with Gasteiger partial charge in [0.25, 0.3) is 0 Å². The molecule has 2 N–H and O–H groups in total. The van der Waals surface area contributed by atoms with Gasteiger partial charge in [-0.3, -0.25) is 4.79 Å². The summed E-state index contributed by atoms with van der Waals surface area (Å²) in [6.07, 6.45) is 0.204. The number of primary amides is 1. The van der Waals surface area contributed by atoms with Gasteiger partial charge in [-0.05, 0) is 5.56 Å². The van der Waals surface area contributed by atoms with Crippen LogP contribution in [0.4, 0.5) is 11.4 Å². The first kappa shape index (κ1) is 8.83. The second kappa shape index (κ2) is 3.19. The number of amides is 1. The molecule has 2 rings (SSSR count). The number of benzene rings is 1. The fraction of sp³-hybridized carbons (Fsp3) is 0.222. The molecule has 1 amide bonds. The number of carbonyl (C=O) groups excluding carboxylic acids is 1. The Bertz CT molecular complexity index is 413. The van der Waals surface area contributed by atoms with Gasteiger partial charge in [0.1, 0.15) is 0 Å². The van der Waals surface area contributed by atoms with Crippen LogP contribution in [0.2, 0.25) is 0 Å². The Labute approximate surface area is 81.2 Å². The van der Waals surface area contributed by atoms with Crippen LogP contribution in [0, 0.1) is 0 Å². The van der Waals surface area contributed by atoms with Gasteiger partial charge in [0.2, 0.25) is 11.6 Å². The summed E-state index contributed by atoms with van der Waals surface area (Å²) >= 11 is 0.